The van der Waals surface area contributed by atoms with E-state index in [-0.39, 0.29) is 17.9 Å². The zero-order valence-corrected chi connectivity index (χ0v) is 10.1. The largest absolute Gasteiger partial charge is 0.304 e. The monoisotopic (exact) mass is 262 g/mol. The van der Waals surface area contributed by atoms with Crippen molar-refractivity contribution in [3.63, 3.8) is 0 Å². The van der Waals surface area contributed by atoms with Crippen molar-refractivity contribution in [3.8, 4) is 0 Å². The van der Waals surface area contributed by atoms with Crippen molar-refractivity contribution in [2.45, 2.75) is 6.54 Å². The minimum atomic E-state index is -1.02. The van der Waals surface area contributed by atoms with Gasteiger partial charge in [-0.25, -0.2) is 8.78 Å². The third-order valence-corrected chi connectivity index (χ3v) is 2.56. The molecule has 0 aliphatic rings. The molecule has 0 amide bonds. The molecule has 0 saturated heterocycles. The number of hydrogen-bond acceptors (Lipinski definition) is 3. The Bertz CT molecular complexity index is 573. The molecule has 2 aromatic rings. The number of nitrogens with zero attached hydrogens (tertiary/aromatic N) is 1. The Morgan fingerprint density at radius 2 is 2.00 bits per heavy atom. The maximum Gasteiger partial charge on any atom is 0.176 e. The lowest BCUT2D eigenvalue weighted by molar-refractivity contribution is 0.0990. The van der Waals surface area contributed by atoms with Gasteiger partial charge in [0.1, 0.15) is 0 Å². The standard InChI is InChI=1S/C14H12F2N2O/c15-12-5-4-10(7-13(12)16)14(19)9-17-8-11-3-1-2-6-18-11/h1-7,17H,8-9H2. The van der Waals surface area contributed by atoms with Gasteiger partial charge in [0.25, 0.3) is 0 Å². The SMILES string of the molecule is O=C(CNCc1ccccn1)c1ccc(F)c(F)c1. The first-order valence-corrected chi connectivity index (χ1v) is 5.75. The number of nitrogens with one attached hydrogen (secondary N) is 1. The van der Waals surface area contributed by atoms with Crippen molar-refractivity contribution < 1.29 is 13.6 Å². The van der Waals surface area contributed by atoms with Crippen LogP contribution in [0, 0.1) is 11.6 Å². The molecule has 0 atom stereocenters. The summed E-state index contributed by atoms with van der Waals surface area (Å²) in [6.07, 6.45) is 1.66. The van der Waals surface area contributed by atoms with Gasteiger partial charge in [-0.05, 0) is 30.3 Å². The van der Waals surface area contributed by atoms with E-state index in [1.807, 2.05) is 12.1 Å². The first kappa shape index (κ1) is 13.3. The second kappa shape index (κ2) is 6.15. The summed E-state index contributed by atoms with van der Waals surface area (Å²) in [5.41, 5.74) is 0.952. The zero-order valence-electron chi connectivity index (χ0n) is 10.1. The van der Waals surface area contributed by atoms with Crippen LogP contribution in [0.3, 0.4) is 0 Å². The van der Waals surface area contributed by atoms with E-state index >= 15 is 0 Å². The van der Waals surface area contributed by atoms with E-state index in [0.717, 1.165) is 17.8 Å². The normalized spacial score (nSPS) is 10.4. The molecule has 98 valence electrons. The van der Waals surface area contributed by atoms with Crippen molar-refractivity contribution >= 4 is 5.78 Å². The van der Waals surface area contributed by atoms with E-state index in [9.17, 15) is 13.6 Å². The van der Waals surface area contributed by atoms with Crippen LogP contribution in [0.25, 0.3) is 0 Å². The van der Waals surface area contributed by atoms with Gasteiger partial charge in [-0.1, -0.05) is 6.07 Å². The Kier molecular flexibility index (Phi) is 4.30. The average Bonchev–Trinajstić information content (AvgIpc) is 2.43. The highest BCUT2D eigenvalue weighted by Crippen LogP contribution is 2.09. The molecular weight excluding hydrogens is 250 g/mol. The second-order valence-electron chi connectivity index (χ2n) is 3.98. The summed E-state index contributed by atoms with van der Waals surface area (Å²) in [6.45, 7) is 0.484. The second-order valence-corrected chi connectivity index (χ2v) is 3.98. The van der Waals surface area contributed by atoms with Crippen LogP contribution in [-0.4, -0.2) is 17.3 Å². The first-order valence-electron chi connectivity index (χ1n) is 5.75. The molecule has 1 heterocycles. The fraction of sp³-hybridized carbons (Fsp3) is 0.143. The van der Waals surface area contributed by atoms with Gasteiger partial charge in [-0.2, -0.15) is 0 Å². The number of rotatable bonds is 5. The molecule has 3 nitrogen and oxygen atoms in total. The number of ketones is 1. The Balaban J connectivity index is 1.89. The molecule has 19 heavy (non-hydrogen) atoms. The lowest BCUT2D eigenvalue weighted by Gasteiger charge is -2.04. The maximum absolute atomic E-state index is 13.0. The van der Waals surface area contributed by atoms with Crippen molar-refractivity contribution in [1.82, 2.24) is 10.3 Å². The molecule has 0 unspecified atom stereocenters. The van der Waals surface area contributed by atoms with Crippen LogP contribution < -0.4 is 5.32 Å². The fourth-order valence-electron chi connectivity index (χ4n) is 1.58. The van der Waals surface area contributed by atoms with Crippen LogP contribution in [0.4, 0.5) is 8.78 Å². The van der Waals surface area contributed by atoms with E-state index in [2.05, 4.69) is 10.3 Å². The highest BCUT2D eigenvalue weighted by Gasteiger charge is 2.09. The maximum atomic E-state index is 13.0. The van der Waals surface area contributed by atoms with Crippen LogP contribution in [0.15, 0.2) is 42.6 Å². The van der Waals surface area contributed by atoms with Gasteiger partial charge in [0, 0.05) is 18.3 Å². The number of halogens is 2. The smallest absolute Gasteiger partial charge is 0.176 e. The Hall–Kier alpha value is -2.14. The van der Waals surface area contributed by atoms with Crippen molar-refractivity contribution in [2.24, 2.45) is 0 Å². The van der Waals surface area contributed by atoms with Gasteiger partial charge in [0.15, 0.2) is 17.4 Å². The third-order valence-electron chi connectivity index (χ3n) is 2.56. The van der Waals surface area contributed by atoms with Gasteiger partial charge in [-0.3, -0.25) is 9.78 Å². The first-order chi connectivity index (χ1) is 9.16. The third kappa shape index (κ3) is 3.66. The number of carbonyl (C=O) groups is 1. The summed E-state index contributed by atoms with van der Waals surface area (Å²) in [6, 6.07) is 8.59. The Labute approximate surface area is 109 Å². The molecule has 0 aliphatic heterocycles. The number of benzene rings is 1. The fourth-order valence-corrected chi connectivity index (χ4v) is 1.58. The van der Waals surface area contributed by atoms with Crippen LogP contribution in [0.1, 0.15) is 16.1 Å². The molecule has 0 aliphatic carbocycles. The molecule has 1 aromatic heterocycles. The quantitative estimate of drug-likeness (QED) is 0.841. The molecule has 5 heteroatoms. The predicted molar refractivity (Wildman–Crippen MR) is 66.6 cm³/mol. The highest BCUT2D eigenvalue weighted by molar-refractivity contribution is 5.97. The summed E-state index contributed by atoms with van der Waals surface area (Å²) in [4.78, 5) is 15.8. The van der Waals surface area contributed by atoms with Gasteiger partial charge >= 0.3 is 0 Å². The number of Topliss-reactive ketones (excluding diaryl/α,β-unsaturated/α-hetero) is 1. The molecule has 0 radical (unpaired) electrons. The molecule has 0 spiro atoms. The molecule has 1 aromatic carbocycles. The van der Waals surface area contributed by atoms with Crippen LogP contribution >= 0.6 is 0 Å². The Morgan fingerprint density at radius 3 is 2.68 bits per heavy atom. The van der Waals surface area contributed by atoms with Crippen LogP contribution in [-0.2, 0) is 6.54 Å². The molecular formula is C14H12F2N2O. The summed E-state index contributed by atoms with van der Waals surface area (Å²) in [5, 5.41) is 2.91. The molecule has 1 N–H and O–H groups in total. The lowest BCUT2D eigenvalue weighted by Crippen LogP contribution is -2.23. The van der Waals surface area contributed by atoms with E-state index < -0.39 is 11.6 Å². The van der Waals surface area contributed by atoms with E-state index in [0.29, 0.717) is 6.54 Å². The van der Waals surface area contributed by atoms with Crippen LogP contribution in [0.2, 0.25) is 0 Å². The number of pyridine rings is 1. The Morgan fingerprint density at radius 1 is 1.16 bits per heavy atom. The number of carbonyl (C=O) groups excluding carboxylic acids is 1. The van der Waals surface area contributed by atoms with Gasteiger partial charge in [0.2, 0.25) is 0 Å². The molecule has 0 saturated carbocycles. The summed E-state index contributed by atoms with van der Waals surface area (Å²) in [5.74, 6) is -2.27. The van der Waals surface area contributed by atoms with Gasteiger partial charge < -0.3 is 5.32 Å². The van der Waals surface area contributed by atoms with Crippen LogP contribution in [0.5, 0.6) is 0 Å². The minimum absolute atomic E-state index is 0.0433. The summed E-state index contributed by atoms with van der Waals surface area (Å²) >= 11 is 0. The van der Waals surface area contributed by atoms with Crippen molar-refractivity contribution in [2.75, 3.05) is 6.54 Å². The van der Waals surface area contributed by atoms with Crippen molar-refractivity contribution in [3.05, 3.63) is 65.5 Å². The van der Waals surface area contributed by atoms with E-state index in [1.54, 1.807) is 12.3 Å². The van der Waals surface area contributed by atoms with Gasteiger partial charge in [-0.15, -0.1) is 0 Å². The zero-order chi connectivity index (χ0) is 13.7. The molecule has 2 rings (SSSR count). The predicted octanol–water partition coefficient (Wildman–Crippen LogP) is 2.33. The molecule has 0 bridgehead atoms. The van der Waals surface area contributed by atoms with Gasteiger partial charge in [0.05, 0.1) is 12.2 Å². The highest BCUT2D eigenvalue weighted by atomic mass is 19.2. The topological polar surface area (TPSA) is 42.0 Å². The average molecular weight is 262 g/mol. The molecule has 0 fully saturated rings. The van der Waals surface area contributed by atoms with E-state index in [1.165, 1.54) is 6.07 Å². The summed E-state index contributed by atoms with van der Waals surface area (Å²) in [7, 11) is 0. The van der Waals surface area contributed by atoms with E-state index in [4.69, 9.17) is 0 Å². The lowest BCUT2D eigenvalue weighted by atomic mass is 10.1. The summed E-state index contributed by atoms with van der Waals surface area (Å²) < 4.78 is 25.7. The minimum Gasteiger partial charge on any atom is -0.304 e. The number of aromatic nitrogens is 1. The number of hydrogen-bond donors (Lipinski definition) is 1. The van der Waals surface area contributed by atoms with Crippen molar-refractivity contribution in [1.29, 1.82) is 0 Å².